The molecular weight excluding hydrogens is 435 g/mol. The maximum absolute atomic E-state index is 13.1. The van der Waals surface area contributed by atoms with E-state index in [1.807, 2.05) is 46.8 Å². The number of rotatable bonds is 5. The number of ketones is 1. The van der Waals surface area contributed by atoms with Crippen LogP contribution in [-0.2, 0) is 11.0 Å². The van der Waals surface area contributed by atoms with Crippen molar-refractivity contribution in [3.05, 3.63) is 64.0 Å². The van der Waals surface area contributed by atoms with Gasteiger partial charge < -0.3 is 5.11 Å². The second kappa shape index (κ2) is 8.93. The van der Waals surface area contributed by atoms with E-state index in [0.717, 1.165) is 34.5 Å². The van der Waals surface area contributed by atoms with Crippen molar-refractivity contribution in [2.45, 2.75) is 58.7 Å². The Morgan fingerprint density at radius 1 is 1.09 bits per heavy atom. The van der Waals surface area contributed by atoms with E-state index in [4.69, 9.17) is 0 Å². The Bertz CT molecular complexity index is 1030. The van der Waals surface area contributed by atoms with E-state index in [-0.39, 0.29) is 22.9 Å². The Morgan fingerprint density at radius 3 is 2.22 bits per heavy atom. The summed E-state index contributed by atoms with van der Waals surface area (Å²) in [7, 11) is 0. The third-order valence-corrected chi connectivity index (χ3v) is 7.55. The van der Waals surface area contributed by atoms with Crippen LogP contribution in [0.2, 0.25) is 0 Å². The normalized spacial score (nSPS) is 17.8. The van der Waals surface area contributed by atoms with Crippen LogP contribution >= 0.6 is 11.8 Å². The zero-order chi connectivity index (χ0) is 23.8. The van der Waals surface area contributed by atoms with Crippen molar-refractivity contribution in [2.24, 2.45) is 11.3 Å². The van der Waals surface area contributed by atoms with Gasteiger partial charge in [0.25, 0.3) is 0 Å². The van der Waals surface area contributed by atoms with Crippen molar-refractivity contribution in [2.75, 3.05) is 5.75 Å². The van der Waals surface area contributed by atoms with Gasteiger partial charge in [-0.3, -0.25) is 4.79 Å². The number of carbonyl (C=O) groups excluding carboxylic acids is 1. The topological polar surface area (TPSA) is 50.2 Å². The quantitative estimate of drug-likeness (QED) is 0.481. The number of aryl methyl sites for hydroxylation is 3. The highest BCUT2D eigenvalue weighted by atomic mass is 32.2. The predicted octanol–water partition coefficient (Wildman–Crippen LogP) is 7.09. The minimum Gasteiger partial charge on any atom is -0.512 e. The number of halogens is 3. The second-order valence-corrected chi connectivity index (χ2v) is 10.3. The van der Waals surface area contributed by atoms with Gasteiger partial charge in [0.2, 0.25) is 0 Å². The molecule has 1 heterocycles. The van der Waals surface area contributed by atoms with E-state index in [0.29, 0.717) is 29.2 Å². The number of hydrogen-bond acceptors (Lipinski definition) is 4. The highest BCUT2D eigenvalue weighted by Crippen LogP contribution is 2.44. The zero-order valence-corrected chi connectivity index (χ0v) is 19.7. The number of benzene rings is 1. The molecule has 1 aliphatic carbocycles. The molecule has 0 aliphatic heterocycles. The van der Waals surface area contributed by atoms with Crippen LogP contribution in [0, 0.1) is 32.1 Å². The van der Waals surface area contributed by atoms with Gasteiger partial charge in [-0.05, 0) is 60.9 Å². The molecule has 1 N–H and O–H groups in total. The summed E-state index contributed by atoms with van der Waals surface area (Å²) in [6.07, 6.45) is -2.86. The third kappa shape index (κ3) is 5.20. The molecule has 1 unspecified atom stereocenters. The molecule has 172 valence electrons. The minimum atomic E-state index is -4.41. The number of pyridine rings is 1. The van der Waals surface area contributed by atoms with E-state index >= 15 is 0 Å². The molecule has 0 radical (unpaired) electrons. The molecule has 0 fully saturated rings. The SMILES string of the molecule is Cc1cc(C)c(C2=C(O)CC(C(C)(C)CSc3ccc(C(F)(F)F)cn3)CC2=O)c(C)c1. The van der Waals surface area contributed by atoms with Gasteiger partial charge in [0.15, 0.2) is 5.78 Å². The maximum atomic E-state index is 13.1. The number of nitrogens with zero attached hydrogens (tertiary/aromatic N) is 1. The lowest BCUT2D eigenvalue weighted by molar-refractivity contribution is -0.137. The number of Topliss-reactive ketones (excluding diaryl/α,β-unsaturated/α-hetero) is 1. The van der Waals surface area contributed by atoms with Crippen molar-refractivity contribution in [1.29, 1.82) is 0 Å². The Morgan fingerprint density at radius 2 is 1.72 bits per heavy atom. The Kier molecular flexibility index (Phi) is 6.80. The molecule has 3 nitrogen and oxygen atoms in total. The molecule has 3 rings (SSSR count). The Hall–Kier alpha value is -2.28. The highest BCUT2D eigenvalue weighted by molar-refractivity contribution is 7.99. The average molecular weight is 464 g/mol. The summed E-state index contributed by atoms with van der Waals surface area (Å²) >= 11 is 1.36. The van der Waals surface area contributed by atoms with E-state index in [2.05, 4.69) is 4.98 Å². The highest BCUT2D eigenvalue weighted by Gasteiger charge is 2.38. The number of aliphatic hydroxyl groups is 1. The standard InChI is InChI=1S/C25H28F3NO2S/c1-14-8-15(2)22(16(3)9-14)23-19(30)10-18(11-20(23)31)24(4,5)13-32-21-7-6-17(12-29-21)25(26,27)28/h6-9,12,18,30H,10-11,13H2,1-5H3. The molecule has 1 aromatic carbocycles. The van der Waals surface area contributed by atoms with Crippen molar-refractivity contribution in [3.8, 4) is 0 Å². The van der Waals surface area contributed by atoms with E-state index < -0.39 is 11.7 Å². The van der Waals surface area contributed by atoms with Gasteiger partial charge in [-0.15, -0.1) is 11.8 Å². The van der Waals surface area contributed by atoms with Gasteiger partial charge in [-0.2, -0.15) is 13.2 Å². The summed E-state index contributed by atoms with van der Waals surface area (Å²) in [6.45, 7) is 9.94. The van der Waals surface area contributed by atoms with Crippen LogP contribution in [-0.4, -0.2) is 21.6 Å². The van der Waals surface area contributed by atoms with Crippen LogP contribution in [0.15, 0.2) is 41.2 Å². The fourth-order valence-corrected chi connectivity index (χ4v) is 5.36. The van der Waals surface area contributed by atoms with E-state index in [1.165, 1.54) is 17.8 Å². The van der Waals surface area contributed by atoms with Gasteiger partial charge in [0, 0.05) is 24.8 Å². The van der Waals surface area contributed by atoms with Gasteiger partial charge in [0.05, 0.1) is 16.2 Å². The lowest BCUT2D eigenvalue weighted by Crippen LogP contribution is -2.33. The average Bonchev–Trinajstić information content (AvgIpc) is 2.67. The van der Waals surface area contributed by atoms with Crippen LogP contribution in [0.1, 0.15) is 54.5 Å². The van der Waals surface area contributed by atoms with Crippen molar-refractivity contribution in [1.82, 2.24) is 4.98 Å². The van der Waals surface area contributed by atoms with Gasteiger partial charge >= 0.3 is 6.18 Å². The number of hydrogen-bond donors (Lipinski definition) is 1. The molecule has 1 aromatic heterocycles. The Labute approximate surface area is 191 Å². The van der Waals surface area contributed by atoms with Crippen molar-refractivity contribution >= 4 is 23.1 Å². The lowest BCUT2D eigenvalue weighted by atomic mass is 9.70. The third-order valence-electron chi connectivity index (χ3n) is 6.13. The number of aromatic nitrogens is 1. The maximum Gasteiger partial charge on any atom is 0.417 e. The molecular formula is C25H28F3NO2S. The van der Waals surface area contributed by atoms with E-state index in [1.54, 1.807) is 0 Å². The summed E-state index contributed by atoms with van der Waals surface area (Å²) in [5, 5.41) is 11.4. The molecule has 0 bridgehead atoms. The van der Waals surface area contributed by atoms with Gasteiger partial charge in [-0.1, -0.05) is 31.5 Å². The fourth-order valence-electron chi connectivity index (χ4n) is 4.32. The monoisotopic (exact) mass is 463 g/mol. The van der Waals surface area contributed by atoms with Crippen LogP contribution in [0.25, 0.3) is 5.57 Å². The van der Waals surface area contributed by atoms with Crippen LogP contribution in [0.5, 0.6) is 0 Å². The molecule has 0 saturated heterocycles. The smallest absolute Gasteiger partial charge is 0.417 e. The Balaban J connectivity index is 1.76. The van der Waals surface area contributed by atoms with Crippen molar-refractivity contribution < 1.29 is 23.1 Å². The van der Waals surface area contributed by atoms with Gasteiger partial charge in [0.1, 0.15) is 5.76 Å². The molecule has 7 heteroatoms. The first-order valence-electron chi connectivity index (χ1n) is 10.5. The van der Waals surface area contributed by atoms with Crippen molar-refractivity contribution in [3.63, 3.8) is 0 Å². The van der Waals surface area contributed by atoms with Crippen LogP contribution in [0.3, 0.4) is 0 Å². The first-order valence-corrected chi connectivity index (χ1v) is 11.5. The lowest BCUT2D eigenvalue weighted by Gasteiger charge is -2.37. The predicted molar refractivity (Wildman–Crippen MR) is 122 cm³/mol. The number of thioether (sulfide) groups is 1. The fraction of sp³-hybridized carbons (Fsp3) is 0.440. The molecule has 0 spiro atoms. The number of carbonyl (C=O) groups is 1. The summed E-state index contributed by atoms with van der Waals surface area (Å²) in [5.41, 5.74) is 3.19. The first kappa shape index (κ1) is 24.4. The molecule has 32 heavy (non-hydrogen) atoms. The zero-order valence-electron chi connectivity index (χ0n) is 18.9. The van der Waals surface area contributed by atoms with Crippen LogP contribution in [0.4, 0.5) is 13.2 Å². The first-order chi connectivity index (χ1) is 14.8. The molecule has 0 amide bonds. The summed E-state index contributed by atoms with van der Waals surface area (Å²) in [5.74, 6) is 0.535. The molecule has 2 aromatic rings. The van der Waals surface area contributed by atoms with E-state index in [9.17, 15) is 23.1 Å². The summed E-state index contributed by atoms with van der Waals surface area (Å²) in [6, 6.07) is 6.42. The molecule has 1 aliphatic rings. The number of alkyl halides is 3. The van der Waals surface area contributed by atoms with Gasteiger partial charge in [-0.25, -0.2) is 4.98 Å². The number of allylic oxidation sites excluding steroid dienone is 2. The summed E-state index contributed by atoms with van der Waals surface area (Å²) < 4.78 is 38.2. The number of aliphatic hydroxyl groups excluding tert-OH is 1. The molecule has 0 saturated carbocycles. The van der Waals surface area contributed by atoms with Crippen LogP contribution < -0.4 is 0 Å². The second-order valence-electron chi connectivity index (χ2n) is 9.28. The summed E-state index contributed by atoms with van der Waals surface area (Å²) in [4.78, 5) is 17.0. The minimum absolute atomic E-state index is 0.0699. The molecule has 1 atom stereocenters. The largest absolute Gasteiger partial charge is 0.512 e.